The molecule has 0 aliphatic rings. The normalized spacial score (nSPS) is 9.29. The summed E-state index contributed by atoms with van der Waals surface area (Å²) in [5, 5.41) is 0. The fraction of sp³-hybridized carbons (Fsp3) is 0.308. The summed E-state index contributed by atoms with van der Waals surface area (Å²) in [6.45, 7) is 0.0914. The van der Waals surface area contributed by atoms with Crippen LogP contribution in [0.2, 0.25) is 0 Å². The van der Waals surface area contributed by atoms with Crippen molar-refractivity contribution in [3.63, 3.8) is 0 Å². The van der Waals surface area contributed by atoms with Crippen LogP contribution in [-0.4, -0.2) is 38.6 Å². The Labute approximate surface area is 101 Å². The lowest BCUT2D eigenvalue weighted by Gasteiger charge is -2.16. The van der Waals surface area contributed by atoms with Crippen LogP contribution in [0.5, 0.6) is 11.5 Å². The maximum Gasteiger partial charge on any atom is 0.257 e. The molecule has 4 heteroatoms. The molecule has 1 aromatic carbocycles. The van der Waals surface area contributed by atoms with E-state index >= 15 is 0 Å². The quantitative estimate of drug-likeness (QED) is 0.738. The van der Waals surface area contributed by atoms with Crippen molar-refractivity contribution in [1.82, 2.24) is 4.90 Å². The van der Waals surface area contributed by atoms with Crippen LogP contribution < -0.4 is 9.47 Å². The van der Waals surface area contributed by atoms with E-state index in [0.717, 1.165) is 0 Å². The van der Waals surface area contributed by atoms with Crippen LogP contribution in [0.15, 0.2) is 18.2 Å². The van der Waals surface area contributed by atoms with E-state index in [1.54, 1.807) is 32.3 Å². The van der Waals surface area contributed by atoms with E-state index in [9.17, 15) is 4.79 Å². The first kappa shape index (κ1) is 12.9. The molecule has 0 aliphatic carbocycles. The van der Waals surface area contributed by atoms with E-state index in [2.05, 4.69) is 5.92 Å². The Morgan fingerprint density at radius 2 is 2.18 bits per heavy atom. The van der Waals surface area contributed by atoms with E-state index < -0.39 is 0 Å². The van der Waals surface area contributed by atoms with Gasteiger partial charge in [0.15, 0.2) is 11.5 Å². The van der Waals surface area contributed by atoms with Crippen molar-refractivity contribution in [3.8, 4) is 23.8 Å². The lowest BCUT2D eigenvalue weighted by Crippen LogP contribution is -2.22. The second kappa shape index (κ2) is 5.80. The number of rotatable bonds is 4. The number of ether oxygens (including phenoxy) is 2. The van der Waals surface area contributed by atoms with Gasteiger partial charge in [-0.3, -0.25) is 4.79 Å². The van der Waals surface area contributed by atoms with Crippen molar-refractivity contribution >= 4 is 5.91 Å². The Balaban J connectivity index is 3.19. The van der Waals surface area contributed by atoms with Crippen molar-refractivity contribution in [2.24, 2.45) is 0 Å². The van der Waals surface area contributed by atoms with Crippen LogP contribution in [0.3, 0.4) is 0 Å². The van der Waals surface area contributed by atoms with Gasteiger partial charge in [-0.25, -0.2) is 0 Å². The lowest BCUT2D eigenvalue weighted by atomic mass is 10.1. The van der Waals surface area contributed by atoms with Gasteiger partial charge in [-0.1, -0.05) is 12.0 Å². The molecule has 17 heavy (non-hydrogen) atoms. The highest BCUT2D eigenvalue weighted by molar-refractivity contribution is 5.97. The molecular formula is C13H15NO3. The molecule has 4 nitrogen and oxygen atoms in total. The van der Waals surface area contributed by atoms with Gasteiger partial charge in [0.25, 0.3) is 5.91 Å². The Bertz CT molecular complexity index is 446. The molecule has 0 atom stereocenters. The van der Waals surface area contributed by atoms with Gasteiger partial charge in [-0.15, -0.1) is 6.42 Å². The summed E-state index contributed by atoms with van der Waals surface area (Å²) in [6.07, 6.45) is 5.14. The molecule has 0 aromatic heterocycles. The van der Waals surface area contributed by atoms with Crippen LogP contribution in [0.4, 0.5) is 0 Å². The Hall–Kier alpha value is -2.15. The van der Waals surface area contributed by atoms with Gasteiger partial charge in [0.1, 0.15) is 6.61 Å². The fourth-order valence-corrected chi connectivity index (χ4v) is 1.35. The summed E-state index contributed by atoms with van der Waals surface area (Å²) in [5.41, 5.74) is 0.435. The number of terminal acetylenes is 1. The van der Waals surface area contributed by atoms with Gasteiger partial charge < -0.3 is 14.4 Å². The number of carbonyl (C=O) groups is 1. The number of amides is 1. The summed E-state index contributed by atoms with van der Waals surface area (Å²) in [7, 11) is 4.86. The first-order valence-electron chi connectivity index (χ1n) is 5.06. The molecule has 90 valence electrons. The van der Waals surface area contributed by atoms with Gasteiger partial charge in [-0.05, 0) is 12.1 Å². The highest BCUT2D eigenvalue weighted by Crippen LogP contribution is 2.31. The Morgan fingerprint density at radius 3 is 2.71 bits per heavy atom. The molecule has 1 aromatic rings. The number of hydrogen-bond acceptors (Lipinski definition) is 3. The third-order valence-electron chi connectivity index (χ3n) is 2.14. The molecule has 0 aliphatic heterocycles. The second-order valence-corrected chi connectivity index (χ2v) is 3.53. The van der Waals surface area contributed by atoms with Crippen molar-refractivity contribution in [1.29, 1.82) is 0 Å². The summed E-state index contributed by atoms with van der Waals surface area (Å²) >= 11 is 0. The monoisotopic (exact) mass is 233 g/mol. The average molecular weight is 233 g/mol. The standard InChI is InChI=1S/C13H15NO3/c1-5-9-17-12-10(13(15)14(2)3)7-6-8-11(12)16-4/h1,6-8H,9H2,2-4H3. The maximum atomic E-state index is 11.9. The number of para-hydroxylation sites is 1. The number of methoxy groups -OCH3 is 1. The highest BCUT2D eigenvalue weighted by Gasteiger charge is 2.18. The van der Waals surface area contributed by atoms with E-state index in [-0.39, 0.29) is 12.5 Å². The average Bonchev–Trinajstić information content (AvgIpc) is 2.34. The number of nitrogens with zero attached hydrogens (tertiary/aromatic N) is 1. The third-order valence-corrected chi connectivity index (χ3v) is 2.14. The van der Waals surface area contributed by atoms with Crippen molar-refractivity contribution in [3.05, 3.63) is 23.8 Å². The molecular weight excluding hydrogens is 218 g/mol. The molecule has 0 unspecified atom stereocenters. The SMILES string of the molecule is C#CCOc1c(OC)cccc1C(=O)N(C)C. The zero-order valence-electron chi connectivity index (χ0n) is 10.2. The molecule has 1 amide bonds. The lowest BCUT2D eigenvalue weighted by molar-refractivity contribution is 0.0823. The molecule has 0 saturated heterocycles. The molecule has 0 radical (unpaired) electrons. The molecule has 0 fully saturated rings. The largest absolute Gasteiger partial charge is 0.493 e. The predicted octanol–water partition coefficient (Wildman–Crippen LogP) is 1.41. The maximum absolute atomic E-state index is 11.9. The smallest absolute Gasteiger partial charge is 0.257 e. The van der Waals surface area contributed by atoms with Crippen LogP contribution in [-0.2, 0) is 0 Å². The molecule has 0 spiro atoms. The first-order valence-corrected chi connectivity index (χ1v) is 5.06. The summed E-state index contributed by atoms with van der Waals surface area (Å²) in [5.74, 6) is 3.08. The summed E-state index contributed by atoms with van der Waals surface area (Å²) in [4.78, 5) is 13.4. The van der Waals surface area contributed by atoms with Crippen molar-refractivity contribution in [2.45, 2.75) is 0 Å². The Morgan fingerprint density at radius 1 is 1.47 bits per heavy atom. The van der Waals surface area contributed by atoms with E-state index in [1.807, 2.05) is 0 Å². The van der Waals surface area contributed by atoms with Crippen LogP contribution >= 0.6 is 0 Å². The minimum absolute atomic E-state index is 0.0914. The van der Waals surface area contributed by atoms with Crippen molar-refractivity contribution in [2.75, 3.05) is 27.8 Å². The van der Waals surface area contributed by atoms with Gasteiger partial charge in [0.05, 0.1) is 12.7 Å². The molecule has 0 bridgehead atoms. The predicted molar refractivity (Wildman–Crippen MR) is 65.3 cm³/mol. The van der Waals surface area contributed by atoms with Crippen LogP contribution in [0, 0.1) is 12.3 Å². The number of benzene rings is 1. The summed E-state index contributed by atoms with van der Waals surface area (Å²) in [6, 6.07) is 5.13. The number of carbonyl (C=O) groups excluding carboxylic acids is 1. The second-order valence-electron chi connectivity index (χ2n) is 3.53. The van der Waals surface area contributed by atoms with Gasteiger partial charge in [0.2, 0.25) is 0 Å². The molecule has 1 rings (SSSR count). The minimum Gasteiger partial charge on any atom is -0.493 e. The van der Waals surface area contributed by atoms with Crippen molar-refractivity contribution < 1.29 is 14.3 Å². The van der Waals surface area contributed by atoms with Gasteiger partial charge >= 0.3 is 0 Å². The van der Waals surface area contributed by atoms with E-state index in [1.165, 1.54) is 12.0 Å². The Kier molecular flexibility index (Phi) is 4.41. The zero-order valence-corrected chi connectivity index (χ0v) is 10.2. The summed E-state index contributed by atoms with van der Waals surface area (Å²) < 4.78 is 10.5. The molecule has 0 N–H and O–H groups in total. The van der Waals surface area contributed by atoms with E-state index in [4.69, 9.17) is 15.9 Å². The topological polar surface area (TPSA) is 38.8 Å². The van der Waals surface area contributed by atoms with Gasteiger partial charge in [0, 0.05) is 14.1 Å². The zero-order chi connectivity index (χ0) is 12.8. The molecule has 0 saturated carbocycles. The fourth-order valence-electron chi connectivity index (χ4n) is 1.35. The minimum atomic E-state index is -0.157. The number of hydrogen-bond donors (Lipinski definition) is 0. The van der Waals surface area contributed by atoms with E-state index in [0.29, 0.717) is 17.1 Å². The molecule has 0 heterocycles. The first-order chi connectivity index (χ1) is 8.11. The third kappa shape index (κ3) is 2.91. The van der Waals surface area contributed by atoms with Crippen LogP contribution in [0.25, 0.3) is 0 Å². The van der Waals surface area contributed by atoms with Crippen LogP contribution in [0.1, 0.15) is 10.4 Å². The highest BCUT2D eigenvalue weighted by atomic mass is 16.5. The van der Waals surface area contributed by atoms with Gasteiger partial charge in [-0.2, -0.15) is 0 Å².